The summed E-state index contributed by atoms with van der Waals surface area (Å²) in [5.74, 6) is -0.410. The van der Waals surface area contributed by atoms with Crippen LogP contribution >= 0.6 is 0 Å². The van der Waals surface area contributed by atoms with Gasteiger partial charge >= 0.3 is 6.18 Å². The van der Waals surface area contributed by atoms with Gasteiger partial charge in [-0.3, -0.25) is 4.79 Å². The third-order valence-electron chi connectivity index (χ3n) is 4.27. The van der Waals surface area contributed by atoms with E-state index in [1.807, 2.05) is 0 Å². The number of halogens is 3. The number of ether oxygens (including phenoxy) is 1. The summed E-state index contributed by atoms with van der Waals surface area (Å²) in [5.41, 5.74) is 1.27. The molecule has 1 aromatic rings. The van der Waals surface area contributed by atoms with Crippen LogP contribution in [0.1, 0.15) is 28.8 Å². The highest BCUT2D eigenvalue weighted by Crippen LogP contribution is 2.32. The summed E-state index contributed by atoms with van der Waals surface area (Å²) < 4.78 is 42.7. The van der Waals surface area contributed by atoms with Gasteiger partial charge in [0.05, 0.1) is 7.11 Å². The quantitative estimate of drug-likeness (QED) is 0.927. The molecule has 7 heteroatoms. The van der Waals surface area contributed by atoms with E-state index in [4.69, 9.17) is 4.74 Å². The number of alkyl halides is 3. The monoisotopic (exact) mass is 331 g/mol. The fourth-order valence-corrected chi connectivity index (χ4v) is 2.86. The maximum Gasteiger partial charge on any atom is 0.414 e. The highest BCUT2D eigenvalue weighted by atomic mass is 19.4. The molecule has 1 aliphatic rings. The number of aryl methyl sites for hydroxylation is 1. The first-order valence-corrected chi connectivity index (χ1v) is 7.42. The molecule has 1 N–H and O–H groups in total. The Morgan fingerprint density at radius 3 is 2.43 bits per heavy atom. The van der Waals surface area contributed by atoms with E-state index in [0.717, 1.165) is 5.56 Å². The smallest absolute Gasteiger partial charge is 0.414 e. The fourth-order valence-electron chi connectivity index (χ4n) is 2.86. The SMILES string of the molecule is COc1ccc(C(=O)N2CCC(C(O)C(F)(F)F)CC2)c(C)c1. The molecule has 1 amide bonds. The number of benzene rings is 1. The number of hydrogen-bond acceptors (Lipinski definition) is 3. The van der Waals surface area contributed by atoms with Crippen LogP contribution in [-0.4, -0.2) is 48.4 Å². The first-order valence-electron chi connectivity index (χ1n) is 7.42. The predicted octanol–water partition coefficient (Wildman–Crippen LogP) is 2.78. The molecular formula is C16H20F3NO3. The molecule has 1 aliphatic heterocycles. The molecule has 23 heavy (non-hydrogen) atoms. The van der Waals surface area contributed by atoms with E-state index in [1.165, 1.54) is 12.0 Å². The zero-order chi connectivity index (χ0) is 17.2. The molecular weight excluding hydrogens is 311 g/mol. The number of aliphatic hydroxyl groups is 1. The van der Waals surface area contributed by atoms with Gasteiger partial charge in [0.2, 0.25) is 0 Å². The van der Waals surface area contributed by atoms with Crippen LogP contribution < -0.4 is 4.74 Å². The number of likely N-dealkylation sites (tertiary alicyclic amines) is 1. The molecule has 2 rings (SSSR count). The number of nitrogens with zero attached hydrogens (tertiary/aromatic N) is 1. The van der Waals surface area contributed by atoms with E-state index in [-0.39, 0.29) is 31.8 Å². The lowest BCUT2D eigenvalue weighted by Crippen LogP contribution is -2.45. The number of carbonyl (C=O) groups is 1. The molecule has 0 radical (unpaired) electrons. The minimum atomic E-state index is -4.61. The Balaban J connectivity index is 2.01. The second-order valence-corrected chi connectivity index (χ2v) is 5.80. The van der Waals surface area contributed by atoms with Crippen LogP contribution in [0, 0.1) is 12.8 Å². The summed E-state index contributed by atoms with van der Waals surface area (Å²) in [6, 6.07) is 5.08. The Labute approximate surface area is 132 Å². The zero-order valence-electron chi connectivity index (χ0n) is 13.1. The average molecular weight is 331 g/mol. The number of carbonyl (C=O) groups excluding carboxylic acids is 1. The number of piperidine rings is 1. The van der Waals surface area contributed by atoms with Gasteiger partial charge in [-0.25, -0.2) is 0 Å². The fraction of sp³-hybridized carbons (Fsp3) is 0.562. The predicted molar refractivity (Wildman–Crippen MR) is 78.4 cm³/mol. The van der Waals surface area contributed by atoms with Crippen molar-refractivity contribution in [2.75, 3.05) is 20.2 Å². The molecule has 0 spiro atoms. The van der Waals surface area contributed by atoms with Gasteiger partial charge in [0.1, 0.15) is 5.75 Å². The number of hydrogen-bond donors (Lipinski definition) is 1. The van der Waals surface area contributed by atoms with Crippen molar-refractivity contribution in [3.63, 3.8) is 0 Å². The molecule has 0 aromatic heterocycles. The molecule has 128 valence electrons. The first-order chi connectivity index (χ1) is 10.7. The van der Waals surface area contributed by atoms with Gasteiger partial charge < -0.3 is 14.7 Å². The lowest BCUT2D eigenvalue weighted by Gasteiger charge is -2.35. The van der Waals surface area contributed by atoms with Gasteiger partial charge in [0, 0.05) is 18.7 Å². The van der Waals surface area contributed by atoms with Crippen LogP contribution in [0.2, 0.25) is 0 Å². The molecule has 1 atom stereocenters. The minimum Gasteiger partial charge on any atom is -0.497 e. The van der Waals surface area contributed by atoms with Crippen molar-refractivity contribution < 1.29 is 27.8 Å². The van der Waals surface area contributed by atoms with E-state index >= 15 is 0 Å². The molecule has 1 aromatic carbocycles. The van der Waals surface area contributed by atoms with Gasteiger partial charge in [-0.05, 0) is 49.4 Å². The topological polar surface area (TPSA) is 49.8 Å². The summed E-state index contributed by atoms with van der Waals surface area (Å²) in [5, 5.41) is 9.31. The number of methoxy groups -OCH3 is 1. The van der Waals surface area contributed by atoms with Gasteiger partial charge in [0.15, 0.2) is 6.10 Å². The van der Waals surface area contributed by atoms with Crippen LogP contribution in [0.5, 0.6) is 5.75 Å². The second-order valence-electron chi connectivity index (χ2n) is 5.80. The van der Waals surface area contributed by atoms with Crippen LogP contribution in [0.3, 0.4) is 0 Å². The van der Waals surface area contributed by atoms with Crippen LogP contribution in [0.4, 0.5) is 13.2 Å². The molecule has 1 unspecified atom stereocenters. The first kappa shape index (κ1) is 17.6. The largest absolute Gasteiger partial charge is 0.497 e. The van der Waals surface area contributed by atoms with Gasteiger partial charge in [0.25, 0.3) is 5.91 Å². The Bertz CT molecular complexity index is 566. The van der Waals surface area contributed by atoms with Crippen molar-refractivity contribution in [1.29, 1.82) is 0 Å². The van der Waals surface area contributed by atoms with Crippen molar-refractivity contribution in [3.8, 4) is 5.75 Å². The van der Waals surface area contributed by atoms with Crippen molar-refractivity contribution in [3.05, 3.63) is 29.3 Å². The summed E-state index contributed by atoms with van der Waals surface area (Å²) in [6.07, 6.45) is -6.64. The van der Waals surface area contributed by atoms with Crippen molar-refractivity contribution >= 4 is 5.91 Å². The van der Waals surface area contributed by atoms with Crippen molar-refractivity contribution in [1.82, 2.24) is 4.90 Å². The Hall–Kier alpha value is -1.76. The molecule has 0 saturated carbocycles. The lowest BCUT2D eigenvalue weighted by atomic mass is 9.90. The maximum absolute atomic E-state index is 12.5. The number of rotatable bonds is 3. The highest BCUT2D eigenvalue weighted by molar-refractivity contribution is 5.95. The summed E-state index contributed by atoms with van der Waals surface area (Å²) >= 11 is 0. The third kappa shape index (κ3) is 3.96. The molecule has 0 aliphatic carbocycles. The Kier molecular flexibility index (Phi) is 5.19. The normalized spacial score (nSPS) is 17.9. The molecule has 1 heterocycles. The molecule has 0 bridgehead atoms. The Morgan fingerprint density at radius 2 is 1.96 bits per heavy atom. The lowest BCUT2D eigenvalue weighted by molar-refractivity contribution is -0.222. The van der Waals surface area contributed by atoms with Crippen LogP contribution in [-0.2, 0) is 0 Å². The van der Waals surface area contributed by atoms with Gasteiger partial charge in [-0.15, -0.1) is 0 Å². The van der Waals surface area contributed by atoms with E-state index in [9.17, 15) is 23.1 Å². The average Bonchev–Trinajstić information content (AvgIpc) is 2.52. The summed E-state index contributed by atoms with van der Waals surface area (Å²) in [7, 11) is 1.53. The Morgan fingerprint density at radius 1 is 1.35 bits per heavy atom. The van der Waals surface area contributed by atoms with Crippen LogP contribution in [0.15, 0.2) is 18.2 Å². The van der Waals surface area contributed by atoms with E-state index in [2.05, 4.69) is 0 Å². The van der Waals surface area contributed by atoms with E-state index in [0.29, 0.717) is 11.3 Å². The van der Waals surface area contributed by atoms with E-state index < -0.39 is 18.2 Å². The molecule has 1 fully saturated rings. The number of amides is 1. The summed E-state index contributed by atoms with van der Waals surface area (Å²) in [6.45, 7) is 2.21. The minimum absolute atomic E-state index is 0.140. The van der Waals surface area contributed by atoms with E-state index in [1.54, 1.807) is 25.1 Å². The molecule has 4 nitrogen and oxygen atoms in total. The van der Waals surface area contributed by atoms with Gasteiger partial charge in [-0.2, -0.15) is 13.2 Å². The van der Waals surface area contributed by atoms with Crippen molar-refractivity contribution in [2.45, 2.75) is 32.0 Å². The van der Waals surface area contributed by atoms with Gasteiger partial charge in [-0.1, -0.05) is 0 Å². The third-order valence-corrected chi connectivity index (χ3v) is 4.27. The highest BCUT2D eigenvalue weighted by Gasteiger charge is 2.44. The number of aliphatic hydroxyl groups excluding tert-OH is 1. The maximum atomic E-state index is 12.5. The molecule has 1 saturated heterocycles. The zero-order valence-corrected chi connectivity index (χ0v) is 13.1. The summed E-state index contributed by atoms with van der Waals surface area (Å²) in [4.78, 5) is 14.0. The van der Waals surface area contributed by atoms with Crippen LogP contribution in [0.25, 0.3) is 0 Å². The van der Waals surface area contributed by atoms with Crippen molar-refractivity contribution in [2.24, 2.45) is 5.92 Å². The standard InChI is InChI=1S/C16H20F3NO3/c1-10-9-12(23-2)3-4-13(10)15(22)20-7-5-11(6-8-20)14(21)16(17,18)19/h3-4,9,11,14,21H,5-8H2,1-2H3. The second kappa shape index (κ2) is 6.78.